The van der Waals surface area contributed by atoms with Crippen LogP contribution in [-0.2, 0) is 0 Å². The molecule has 0 aliphatic heterocycles. The summed E-state index contributed by atoms with van der Waals surface area (Å²) in [4.78, 5) is 24.0. The number of nitrogens with zero attached hydrogens (tertiary/aromatic N) is 2. The monoisotopic (exact) mass is 332 g/mol. The van der Waals surface area contributed by atoms with Gasteiger partial charge >= 0.3 is 0 Å². The first-order valence-corrected chi connectivity index (χ1v) is 8.27. The maximum absolute atomic E-state index is 12.1. The van der Waals surface area contributed by atoms with E-state index >= 15 is 0 Å². The summed E-state index contributed by atoms with van der Waals surface area (Å²) in [5.74, 6) is -0.148. The van der Waals surface area contributed by atoms with E-state index in [1.807, 2.05) is 31.2 Å². The molecule has 2 rings (SSSR count). The van der Waals surface area contributed by atoms with Crippen LogP contribution in [0.15, 0.2) is 24.3 Å². The first kappa shape index (κ1) is 17.1. The van der Waals surface area contributed by atoms with Gasteiger partial charge in [-0.3, -0.25) is 9.59 Å². The fraction of sp³-hybridized carbons (Fsp3) is 0.375. The molecule has 0 bridgehead atoms. The molecule has 0 saturated carbocycles. The van der Waals surface area contributed by atoms with Crippen LogP contribution in [0.3, 0.4) is 0 Å². The Balaban J connectivity index is 1.94. The molecule has 7 heteroatoms. The molecule has 2 amide bonds. The third-order valence-electron chi connectivity index (χ3n) is 3.13. The second kappa shape index (κ2) is 7.82. The van der Waals surface area contributed by atoms with Crippen LogP contribution in [0.1, 0.15) is 45.4 Å². The molecule has 122 valence electrons. The third kappa shape index (κ3) is 5.14. The summed E-state index contributed by atoms with van der Waals surface area (Å²) in [7, 11) is 0. The minimum absolute atomic E-state index is 0.166. The molecule has 0 fully saturated rings. The molecule has 2 N–H and O–H groups in total. The van der Waals surface area contributed by atoms with Crippen molar-refractivity contribution in [2.24, 2.45) is 5.92 Å². The highest BCUT2D eigenvalue weighted by molar-refractivity contribution is 7.15. The topological polar surface area (TPSA) is 84.0 Å². The lowest BCUT2D eigenvalue weighted by Crippen LogP contribution is -2.25. The van der Waals surface area contributed by atoms with Gasteiger partial charge in [0.1, 0.15) is 0 Å². The van der Waals surface area contributed by atoms with Gasteiger partial charge in [0.2, 0.25) is 10.0 Å². The van der Waals surface area contributed by atoms with Gasteiger partial charge in [-0.1, -0.05) is 42.9 Å². The van der Waals surface area contributed by atoms with Gasteiger partial charge in [0.15, 0.2) is 0 Å². The van der Waals surface area contributed by atoms with Crippen LogP contribution in [-0.4, -0.2) is 28.6 Å². The molecule has 2 aromatic rings. The van der Waals surface area contributed by atoms with Gasteiger partial charge in [-0.15, -0.1) is 10.2 Å². The number of hydrogen-bond acceptors (Lipinski definition) is 5. The molecule has 1 aromatic carbocycles. The Hall–Kier alpha value is -2.28. The van der Waals surface area contributed by atoms with Crippen molar-refractivity contribution in [2.75, 3.05) is 11.9 Å². The molecular weight excluding hydrogens is 312 g/mol. The number of benzene rings is 1. The number of carbonyl (C=O) groups is 2. The molecule has 0 radical (unpaired) electrons. The minimum Gasteiger partial charge on any atom is -0.350 e. The molecule has 0 spiro atoms. The van der Waals surface area contributed by atoms with Crippen LogP contribution in [0.5, 0.6) is 0 Å². The lowest BCUT2D eigenvalue weighted by Gasteiger charge is -2.04. The van der Waals surface area contributed by atoms with E-state index in [-0.39, 0.29) is 21.8 Å². The van der Waals surface area contributed by atoms with Crippen LogP contribution in [0.25, 0.3) is 0 Å². The number of rotatable bonds is 6. The summed E-state index contributed by atoms with van der Waals surface area (Å²) in [6.45, 7) is 6.73. The number of aryl methyl sites for hydroxylation is 1. The van der Waals surface area contributed by atoms with E-state index in [4.69, 9.17) is 0 Å². The normalized spacial score (nSPS) is 10.6. The predicted molar refractivity (Wildman–Crippen MR) is 90.8 cm³/mol. The molecule has 6 nitrogen and oxygen atoms in total. The zero-order chi connectivity index (χ0) is 16.8. The van der Waals surface area contributed by atoms with E-state index in [0.29, 0.717) is 18.2 Å². The van der Waals surface area contributed by atoms with Crippen molar-refractivity contribution in [1.82, 2.24) is 15.5 Å². The van der Waals surface area contributed by atoms with Crippen molar-refractivity contribution in [2.45, 2.75) is 27.2 Å². The van der Waals surface area contributed by atoms with Crippen molar-refractivity contribution in [3.8, 4) is 0 Å². The summed E-state index contributed by atoms with van der Waals surface area (Å²) < 4.78 is 0. The number of amides is 2. The van der Waals surface area contributed by atoms with Crippen molar-refractivity contribution in [1.29, 1.82) is 0 Å². The lowest BCUT2D eigenvalue weighted by atomic mass is 10.1. The van der Waals surface area contributed by atoms with Gasteiger partial charge in [-0.2, -0.15) is 0 Å². The maximum atomic E-state index is 12.1. The summed E-state index contributed by atoms with van der Waals surface area (Å²) in [6.07, 6.45) is 0.894. The van der Waals surface area contributed by atoms with E-state index in [9.17, 15) is 9.59 Å². The smallest absolute Gasteiger partial charge is 0.286 e. The first-order valence-electron chi connectivity index (χ1n) is 7.45. The highest BCUT2D eigenvalue weighted by Crippen LogP contribution is 2.14. The summed E-state index contributed by atoms with van der Waals surface area (Å²) in [5, 5.41) is 13.4. The summed E-state index contributed by atoms with van der Waals surface area (Å²) in [6, 6.07) is 7.44. The van der Waals surface area contributed by atoms with E-state index in [2.05, 4.69) is 34.7 Å². The molecule has 23 heavy (non-hydrogen) atoms. The van der Waals surface area contributed by atoms with Crippen LogP contribution in [0.2, 0.25) is 0 Å². The lowest BCUT2D eigenvalue weighted by molar-refractivity contribution is 0.0949. The number of hydrogen-bond donors (Lipinski definition) is 2. The van der Waals surface area contributed by atoms with Gasteiger partial charge in [0.05, 0.1) is 0 Å². The fourth-order valence-electron chi connectivity index (χ4n) is 1.78. The molecule has 1 aromatic heterocycles. The molecule has 0 atom stereocenters. The molecule has 0 unspecified atom stereocenters. The molecule has 0 aliphatic rings. The number of carbonyl (C=O) groups excluding carboxylic acids is 2. The zero-order valence-corrected chi connectivity index (χ0v) is 14.2. The van der Waals surface area contributed by atoms with E-state index in [0.717, 1.165) is 23.3 Å². The summed E-state index contributed by atoms with van der Waals surface area (Å²) >= 11 is 0.984. The number of aromatic nitrogens is 2. The van der Waals surface area contributed by atoms with Crippen molar-refractivity contribution in [3.63, 3.8) is 0 Å². The predicted octanol–water partition coefficient (Wildman–Crippen LogP) is 2.87. The van der Waals surface area contributed by atoms with Crippen LogP contribution in [0, 0.1) is 12.8 Å². The minimum atomic E-state index is -0.368. The van der Waals surface area contributed by atoms with Crippen molar-refractivity contribution >= 4 is 28.8 Å². The number of anilines is 1. The van der Waals surface area contributed by atoms with Gasteiger partial charge in [0, 0.05) is 12.2 Å². The molecule has 1 heterocycles. The van der Waals surface area contributed by atoms with Gasteiger partial charge in [-0.25, -0.2) is 0 Å². The number of nitrogens with one attached hydrogen (secondary N) is 2. The van der Waals surface area contributed by atoms with Crippen molar-refractivity contribution < 1.29 is 9.59 Å². The molecule has 0 aliphatic carbocycles. The Morgan fingerprint density at radius 2 is 1.70 bits per heavy atom. The van der Waals surface area contributed by atoms with Gasteiger partial charge < -0.3 is 10.6 Å². The fourth-order valence-corrected chi connectivity index (χ4v) is 2.43. The average Bonchev–Trinajstić information content (AvgIpc) is 2.99. The average molecular weight is 332 g/mol. The van der Waals surface area contributed by atoms with E-state index < -0.39 is 0 Å². The highest BCUT2D eigenvalue weighted by atomic mass is 32.1. The zero-order valence-electron chi connectivity index (χ0n) is 13.4. The Morgan fingerprint density at radius 1 is 1.09 bits per heavy atom. The molecule has 0 saturated heterocycles. The van der Waals surface area contributed by atoms with Crippen LogP contribution in [0.4, 0.5) is 5.69 Å². The SMILES string of the molecule is Cc1ccc(NC(=O)c2nnc(C(=O)NCCC(C)C)s2)cc1. The second-order valence-corrected chi connectivity index (χ2v) is 6.65. The van der Waals surface area contributed by atoms with E-state index in [1.165, 1.54) is 0 Å². The third-order valence-corrected chi connectivity index (χ3v) is 4.05. The summed E-state index contributed by atoms with van der Waals surface area (Å²) in [5.41, 5.74) is 1.79. The van der Waals surface area contributed by atoms with Gasteiger partial charge in [-0.05, 0) is 31.4 Å². The highest BCUT2D eigenvalue weighted by Gasteiger charge is 2.17. The van der Waals surface area contributed by atoms with E-state index in [1.54, 1.807) is 0 Å². The Morgan fingerprint density at radius 3 is 2.30 bits per heavy atom. The maximum Gasteiger partial charge on any atom is 0.286 e. The Bertz CT molecular complexity index is 680. The second-order valence-electron chi connectivity index (χ2n) is 5.67. The Kier molecular flexibility index (Phi) is 5.81. The Labute approximate surface area is 139 Å². The van der Waals surface area contributed by atoms with Gasteiger partial charge in [0.25, 0.3) is 11.8 Å². The first-order chi connectivity index (χ1) is 11.0. The van der Waals surface area contributed by atoms with Crippen LogP contribution >= 0.6 is 11.3 Å². The van der Waals surface area contributed by atoms with Crippen LogP contribution < -0.4 is 10.6 Å². The largest absolute Gasteiger partial charge is 0.350 e. The quantitative estimate of drug-likeness (QED) is 0.852. The standard InChI is InChI=1S/C16H20N4O2S/c1-10(2)8-9-17-13(21)15-19-20-16(23-15)14(22)18-12-6-4-11(3)5-7-12/h4-7,10H,8-9H2,1-3H3,(H,17,21)(H,18,22). The van der Waals surface area contributed by atoms with Crippen molar-refractivity contribution in [3.05, 3.63) is 39.8 Å². The molecular formula is C16H20N4O2S.